The van der Waals surface area contributed by atoms with E-state index in [4.69, 9.17) is 4.74 Å². The number of phenols is 1. The first-order valence-corrected chi connectivity index (χ1v) is 12.4. The Morgan fingerprint density at radius 1 is 1.09 bits per heavy atom. The van der Waals surface area contributed by atoms with Gasteiger partial charge in [0.2, 0.25) is 0 Å². The average molecular weight is 467 g/mol. The van der Waals surface area contributed by atoms with Gasteiger partial charge in [0.15, 0.2) is 0 Å². The van der Waals surface area contributed by atoms with Gasteiger partial charge in [0, 0.05) is 11.0 Å². The van der Waals surface area contributed by atoms with Crippen LogP contribution in [0.15, 0.2) is 42.5 Å². The summed E-state index contributed by atoms with van der Waals surface area (Å²) < 4.78 is 5.39. The quantitative estimate of drug-likeness (QED) is 0.341. The van der Waals surface area contributed by atoms with Crippen LogP contribution in [-0.2, 0) is 10.2 Å². The highest BCUT2D eigenvalue weighted by Crippen LogP contribution is 2.41. The van der Waals surface area contributed by atoms with Gasteiger partial charge in [0.1, 0.15) is 17.8 Å². The lowest BCUT2D eigenvalue weighted by Gasteiger charge is -2.34. The van der Waals surface area contributed by atoms with E-state index in [0.29, 0.717) is 11.8 Å². The molecule has 0 heterocycles. The zero-order chi connectivity index (χ0) is 25.4. The predicted octanol–water partition coefficient (Wildman–Crippen LogP) is 6.97. The van der Waals surface area contributed by atoms with Gasteiger partial charge in [-0.05, 0) is 85.1 Å². The summed E-state index contributed by atoms with van der Waals surface area (Å²) in [6, 6.07) is 12.0. The summed E-state index contributed by atoms with van der Waals surface area (Å²) in [5, 5.41) is 19.5. The van der Waals surface area contributed by atoms with Crippen LogP contribution in [0.5, 0.6) is 11.5 Å². The first-order chi connectivity index (χ1) is 16.1. The van der Waals surface area contributed by atoms with Crippen molar-refractivity contribution < 1.29 is 19.7 Å². The third-order valence-corrected chi connectivity index (χ3v) is 7.54. The minimum atomic E-state index is -0.158. The molecule has 0 saturated heterocycles. The van der Waals surface area contributed by atoms with Crippen LogP contribution < -0.4 is 4.74 Å². The van der Waals surface area contributed by atoms with E-state index in [1.54, 1.807) is 19.3 Å². The Labute approximate surface area is 205 Å². The predicted molar refractivity (Wildman–Crippen MR) is 141 cm³/mol. The zero-order valence-corrected chi connectivity index (χ0v) is 21.7. The number of hydrogen-bond donors (Lipinski definition) is 2. The molecule has 3 rings (SSSR count). The van der Waals surface area contributed by atoms with E-state index in [-0.39, 0.29) is 22.7 Å². The first-order valence-electron chi connectivity index (χ1n) is 12.4. The Morgan fingerprint density at radius 2 is 1.74 bits per heavy atom. The number of ether oxygens (including phenoxy) is 1. The molecule has 4 nitrogen and oxygen atoms in total. The summed E-state index contributed by atoms with van der Waals surface area (Å²) in [6.45, 7) is 10.7. The molecule has 1 saturated carbocycles. The molecule has 1 unspecified atom stereocenters. The number of phenolic OH excluding ortho intramolecular Hbond substituents is 1. The summed E-state index contributed by atoms with van der Waals surface area (Å²) in [7, 11) is 1.68. The van der Waals surface area contributed by atoms with Gasteiger partial charge in [-0.3, -0.25) is 4.79 Å². The maximum absolute atomic E-state index is 10.6. The van der Waals surface area contributed by atoms with Crippen LogP contribution >= 0.6 is 0 Å². The van der Waals surface area contributed by atoms with E-state index in [0.717, 1.165) is 36.1 Å². The molecule has 1 aliphatic rings. The van der Waals surface area contributed by atoms with Crippen molar-refractivity contribution in [3.63, 3.8) is 0 Å². The number of hydrogen-bond acceptors (Lipinski definition) is 4. The van der Waals surface area contributed by atoms with E-state index in [9.17, 15) is 15.0 Å². The van der Waals surface area contributed by atoms with Gasteiger partial charge in [-0.1, -0.05) is 58.7 Å². The smallest absolute Gasteiger partial charge is 0.142 e. The van der Waals surface area contributed by atoms with Crippen LogP contribution in [0.4, 0.5) is 0 Å². The molecular formula is C30H42O4. The SMILES string of the molecule is CC1(C)CCCCC1O.CCC(CC)(c1ccc(OC)c(C)c1)c1ccc(O)c(/C=C/C=O)c1. The highest BCUT2D eigenvalue weighted by Gasteiger charge is 2.32. The van der Waals surface area contributed by atoms with Crippen molar-refractivity contribution >= 4 is 12.4 Å². The largest absolute Gasteiger partial charge is 0.507 e. The molecule has 1 fully saturated rings. The molecule has 0 spiro atoms. The van der Waals surface area contributed by atoms with Crippen LogP contribution in [0.3, 0.4) is 0 Å². The van der Waals surface area contributed by atoms with Gasteiger partial charge in [-0.15, -0.1) is 0 Å². The Morgan fingerprint density at radius 3 is 2.24 bits per heavy atom. The van der Waals surface area contributed by atoms with Crippen LogP contribution in [0.2, 0.25) is 0 Å². The molecule has 0 aliphatic heterocycles. The summed E-state index contributed by atoms with van der Waals surface area (Å²) in [4.78, 5) is 10.6. The highest BCUT2D eigenvalue weighted by molar-refractivity contribution is 5.75. The van der Waals surface area contributed by atoms with Gasteiger partial charge in [0.05, 0.1) is 13.2 Å². The van der Waals surface area contributed by atoms with Gasteiger partial charge >= 0.3 is 0 Å². The fourth-order valence-electron chi connectivity index (χ4n) is 5.01. The Hall–Kier alpha value is -2.59. The Bertz CT molecular complexity index is 970. The standard InChI is InChI=1S/C22H26O3.C8H16O/c1-5-22(6-2,18-10-12-21(25-4)16(3)14-18)19-9-11-20(24)17(15-19)8-7-13-23;1-8(2)6-4-3-5-7(8)9/h7-15,24H,5-6H2,1-4H3;7,9H,3-6H2,1-2H3/b8-7+;. The molecule has 1 atom stereocenters. The number of carbonyl (C=O) groups is 1. The fourth-order valence-corrected chi connectivity index (χ4v) is 5.01. The molecule has 4 heteroatoms. The molecular weight excluding hydrogens is 424 g/mol. The highest BCUT2D eigenvalue weighted by atomic mass is 16.5. The normalized spacial score (nSPS) is 17.7. The second kappa shape index (κ2) is 12.2. The summed E-state index contributed by atoms with van der Waals surface area (Å²) >= 11 is 0. The number of aromatic hydroxyl groups is 1. The van der Waals surface area contributed by atoms with Crippen molar-refractivity contribution in [3.05, 3.63) is 64.7 Å². The van der Waals surface area contributed by atoms with Gasteiger partial charge in [0.25, 0.3) is 0 Å². The van der Waals surface area contributed by atoms with Crippen molar-refractivity contribution in [1.82, 2.24) is 0 Å². The van der Waals surface area contributed by atoms with Crippen LogP contribution in [0.25, 0.3) is 6.08 Å². The van der Waals surface area contributed by atoms with Crippen molar-refractivity contribution in [1.29, 1.82) is 0 Å². The van der Waals surface area contributed by atoms with Crippen molar-refractivity contribution in [3.8, 4) is 11.5 Å². The van der Waals surface area contributed by atoms with Gasteiger partial charge in [-0.25, -0.2) is 0 Å². The van der Waals surface area contributed by atoms with E-state index in [1.165, 1.54) is 30.9 Å². The zero-order valence-electron chi connectivity index (χ0n) is 21.7. The van der Waals surface area contributed by atoms with Crippen LogP contribution in [-0.4, -0.2) is 29.7 Å². The van der Waals surface area contributed by atoms with Crippen molar-refractivity contribution in [2.45, 2.75) is 84.7 Å². The van der Waals surface area contributed by atoms with E-state index in [2.05, 4.69) is 39.8 Å². The number of aliphatic hydroxyl groups is 1. The molecule has 0 amide bonds. The minimum Gasteiger partial charge on any atom is -0.507 e. The molecule has 2 aromatic rings. The number of carbonyl (C=O) groups excluding carboxylic acids is 1. The fraction of sp³-hybridized carbons (Fsp3) is 0.500. The monoisotopic (exact) mass is 466 g/mol. The summed E-state index contributed by atoms with van der Waals surface area (Å²) in [5.41, 5.74) is 4.15. The maximum atomic E-state index is 10.6. The second-order valence-electron chi connectivity index (χ2n) is 9.99. The molecule has 2 N–H and O–H groups in total. The van der Waals surface area contributed by atoms with Crippen LogP contribution in [0.1, 0.15) is 88.5 Å². The van der Waals surface area contributed by atoms with Gasteiger partial charge < -0.3 is 14.9 Å². The summed E-state index contributed by atoms with van der Waals surface area (Å²) in [6.07, 6.45) is 10.3. The number of methoxy groups -OCH3 is 1. The third-order valence-electron chi connectivity index (χ3n) is 7.54. The lowest BCUT2D eigenvalue weighted by molar-refractivity contribution is -0.104. The number of allylic oxidation sites excluding steroid dienone is 1. The Balaban J connectivity index is 0.000000379. The van der Waals surface area contributed by atoms with Crippen LogP contribution in [0, 0.1) is 12.3 Å². The molecule has 0 bridgehead atoms. The van der Waals surface area contributed by atoms with E-state index >= 15 is 0 Å². The lowest BCUT2D eigenvalue weighted by atomic mass is 9.70. The topological polar surface area (TPSA) is 66.8 Å². The number of benzene rings is 2. The number of aliphatic hydroxyl groups excluding tert-OH is 1. The van der Waals surface area contributed by atoms with Gasteiger partial charge in [-0.2, -0.15) is 0 Å². The van der Waals surface area contributed by atoms with Crippen molar-refractivity contribution in [2.24, 2.45) is 5.41 Å². The van der Waals surface area contributed by atoms with E-state index in [1.807, 2.05) is 25.1 Å². The van der Waals surface area contributed by atoms with Crippen molar-refractivity contribution in [2.75, 3.05) is 7.11 Å². The Kier molecular flexibility index (Phi) is 9.93. The molecule has 1 aliphatic carbocycles. The second-order valence-corrected chi connectivity index (χ2v) is 9.99. The maximum Gasteiger partial charge on any atom is 0.142 e. The molecule has 186 valence electrons. The molecule has 0 radical (unpaired) electrons. The minimum absolute atomic E-state index is 0.0498. The molecule has 2 aromatic carbocycles. The molecule has 0 aromatic heterocycles. The van der Waals surface area contributed by atoms with E-state index < -0.39 is 0 Å². The first kappa shape index (κ1) is 27.7. The third kappa shape index (κ3) is 6.29. The number of rotatable bonds is 7. The lowest BCUT2D eigenvalue weighted by Crippen LogP contribution is -2.32. The number of aldehydes is 1. The average Bonchev–Trinajstić information content (AvgIpc) is 2.82. The molecule has 34 heavy (non-hydrogen) atoms. The summed E-state index contributed by atoms with van der Waals surface area (Å²) in [5.74, 6) is 1.05. The number of aryl methyl sites for hydroxylation is 1.